The van der Waals surface area contributed by atoms with E-state index in [0.29, 0.717) is 37.7 Å². The summed E-state index contributed by atoms with van der Waals surface area (Å²) in [6.45, 7) is 3.97. The molecule has 0 aliphatic carbocycles. The molecule has 0 saturated carbocycles. The molecule has 0 radical (unpaired) electrons. The van der Waals surface area contributed by atoms with Crippen molar-refractivity contribution in [3.05, 3.63) is 41.5 Å². The van der Waals surface area contributed by atoms with Gasteiger partial charge in [0.2, 0.25) is 5.91 Å². The van der Waals surface area contributed by atoms with Crippen LogP contribution >= 0.6 is 0 Å². The maximum absolute atomic E-state index is 11.1. The average molecular weight is 481 g/mol. The van der Waals surface area contributed by atoms with Crippen molar-refractivity contribution >= 4 is 29.5 Å². The van der Waals surface area contributed by atoms with Gasteiger partial charge in [-0.3, -0.25) is 10.0 Å². The number of amidine groups is 1. The zero-order valence-electron chi connectivity index (χ0n) is 20.2. The Balaban J connectivity index is 1.47. The first kappa shape index (κ1) is 24.5. The molecule has 0 atom stereocenters. The number of carbonyl (C=O) groups excluding carboxylic acids is 1. The van der Waals surface area contributed by atoms with Crippen LogP contribution in [0.3, 0.4) is 0 Å². The van der Waals surface area contributed by atoms with Gasteiger partial charge in [-0.05, 0) is 37.0 Å². The van der Waals surface area contributed by atoms with Crippen LogP contribution in [-0.4, -0.2) is 48.5 Å². The number of hydrogen-bond donors (Lipinski definition) is 2. The first-order valence-corrected chi connectivity index (χ1v) is 12.1. The molecule has 9 nitrogen and oxygen atoms in total. The summed E-state index contributed by atoms with van der Waals surface area (Å²) in [6, 6.07) is 9.87. The first-order valence-electron chi connectivity index (χ1n) is 12.1. The van der Waals surface area contributed by atoms with Gasteiger partial charge in [0, 0.05) is 24.1 Å². The molecule has 2 aliphatic heterocycles. The highest BCUT2D eigenvalue weighted by molar-refractivity contribution is 6.12. The standard InChI is InChI=1S/C26H32N4O5/c1-3-11-34-19-10-9-18-16-30-17-27-22-15-23(33-2)24(14-20(22)26(30)28-21(18)13-19)35-12-7-5-4-6-8-25(31)29-32/h9-10,13-15,17,32H,3-8,11-12,16H2,1-2H3,(H,29,31). The number of amides is 1. The van der Waals surface area contributed by atoms with Crippen LogP contribution in [0.5, 0.6) is 17.2 Å². The third kappa shape index (κ3) is 5.92. The number of rotatable bonds is 12. The predicted molar refractivity (Wildman–Crippen MR) is 134 cm³/mol. The van der Waals surface area contributed by atoms with Crippen molar-refractivity contribution < 1.29 is 24.2 Å². The summed E-state index contributed by atoms with van der Waals surface area (Å²) in [4.78, 5) is 22.7. The molecule has 0 fully saturated rings. The smallest absolute Gasteiger partial charge is 0.243 e. The van der Waals surface area contributed by atoms with Gasteiger partial charge < -0.3 is 19.1 Å². The van der Waals surface area contributed by atoms with Crippen LogP contribution in [-0.2, 0) is 11.3 Å². The number of aliphatic imine (C=N–C) groups is 2. The van der Waals surface area contributed by atoms with Crippen LogP contribution in [0.2, 0.25) is 0 Å². The number of nitrogens with zero attached hydrogens (tertiary/aromatic N) is 3. The minimum atomic E-state index is -0.352. The Hall–Kier alpha value is -3.59. The van der Waals surface area contributed by atoms with E-state index in [1.807, 2.05) is 35.5 Å². The maximum atomic E-state index is 11.1. The van der Waals surface area contributed by atoms with E-state index >= 15 is 0 Å². The van der Waals surface area contributed by atoms with Crippen LogP contribution in [0.15, 0.2) is 40.3 Å². The van der Waals surface area contributed by atoms with E-state index < -0.39 is 0 Å². The highest BCUT2D eigenvalue weighted by Gasteiger charge is 2.27. The molecule has 2 aliphatic rings. The van der Waals surface area contributed by atoms with Gasteiger partial charge in [-0.15, -0.1) is 0 Å². The Bertz CT molecular complexity index is 1120. The molecule has 2 aromatic rings. The number of hydrogen-bond acceptors (Lipinski definition) is 8. The minimum Gasteiger partial charge on any atom is -0.494 e. The number of hydroxylamine groups is 1. The van der Waals surface area contributed by atoms with Crippen LogP contribution in [0.1, 0.15) is 56.6 Å². The number of benzene rings is 2. The van der Waals surface area contributed by atoms with E-state index in [0.717, 1.165) is 66.2 Å². The first-order chi connectivity index (χ1) is 17.1. The van der Waals surface area contributed by atoms with Crippen molar-refractivity contribution in [2.45, 2.75) is 52.0 Å². The highest BCUT2D eigenvalue weighted by Crippen LogP contribution is 2.40. The summed E-state index contributed by atoms with van der Waals surface area (Å²) < 4.78 is 17.4. The monoisotopic (exact) mass is 480 g/mol. The Kier molecular flexibility index (Phi) is 8.20. The average Bonchev–Trinajstić information content (AvgIpc) is 2.89. The lowest BCUT2D eigenvalue weighted by Gasteiger charge is -2.31. The maximum Gasteiger partial charge on any atom is 0.243 e. The fraction of sp³-hybridized carbons (Fsp3) is 0.423. The molecule has 1 amide bonds. The summed E-state index contributed by atoms with van der Waals surface area (Å²) in [5.41, 5.74) is 5.35. The predicted octanol–water partition coefficient (Wildman–Crippen LogP) is 4.89. The fourth-order valence-corrected chi connectivity index (χ4v) is 4.06. The van der Waals surface area contributed by atoms with Gasteiger partial charge in [0.25, 0.3) is 0 Å². The Labute approximate surface area is 205 Å². The van der Waals surface area contributed by atoms with Gasteiger partial charge >= 0.3 is 0 Å². The molecule has 0 aromatic heterocycles. The molecule has 2 aromatic carbocycles. The Morgan fingerprint density at radius 2 is 1.91 bits per heavy atom. The second-order valence-corrected chi connectivity index (χ2v) is 8.51. The molecule has 4 rings (SSSR count). The molecular formula is C26H32N4O5. The van der Waals surface area contributed by atoms with E-state index in [1.165, 1.54) is 0 Å². The molecule has 186 valence electrons. The normalized spacial score (nSPS) is 13.3. The van der Waals surface area contributed by atoms with Crippen molar-refractivity contribution in [1.82, 2.24) is 10.4 Å². The lowest BCUT2D eigenvalue weighted by Crippen LogP contribution is -2.34. The zero-order chi connectivity index (χ0) is 24.6. The number of nitrogens with one attached hydrogen (secondary N) is 1. The summed E-state index contributed by atoms with van der Waals surface area (Å²) in [7, 11) is 1.62. The van der Waals surface area contributed by atoms with Crippen LogP contribution < -0.4 is 19.7 Å². The van der Waals surface area contributed by atoms with E-state index in [2.05, 4.69) is 18.0 Å². The lowest BCUT2D eigenvalue weighted by molar-refractivity contribution is -0.129. The van der Waals surface area contributed by atoms with Gasteiger partial charge in [0.15, 0.2) is 11.5 Å². The van der Waals surface area contributed by atoms with Crippen molar-refractivity contribution in [3.63, 3.8) is 0 Å². The van der Waals surface area contributed by atoms with E-state index in [9.17, 15) is 4.79 Å². The highest BCUT2D eigenvalue weighted by atomic mass is 16.5. The molecule has 0 spiro atoms. The minimum absolute atomic E-state index is 0.324. The van der Waals surface area contributed by atoms with E-state index in [-0.39, 0.29) is 5.91 Å². The van der Waals surface area contributed by atoms with E-state index in [1.54, 1.807) is 12.6 Å². The molecule has 0 bridgehead atoms. The van der Waals surface area contributed by atoms with Crippen molar-refractivity contribution in [3.8, 4) is 17.2 Å². The molecule has 2 heterocycles. The molecule has 0 saturated heterocycles. The lowest BCUT2D eigenvalue weighted by atomic mass is 10.0. The molecule has 2 N–H and O–H groups in total. The van der Waals surface area contributed by atoms with Crippen LogP contribution in [0.4, 0.5) is 11.4 Å². The van der Waals surface area contributed by atoms with Crippen LogP contribution in [0.25, 0.3) is 0 Å². The van der Waals surface area contributed by atoms with E-state index in [4.69, 9.17) is 24.4 Å². The number of fused-ring (bicyclic) bond motifs is 4. The Morgan fingerprint density at radius 3 is 2.71 bits per heavy atom. The SMILES string of the molecule is CCCOc1ccc2c(c1)N=C1c3cc(OCCCCCCC(=O)NO)c(OC)cc3N=CN1C2. The van der Waals surface area contributed by atoms with Crippen molar-refractivity contribution in [2.75, 3.05) is 20.3 Å². The number of ether oxygens (including phenoxy) is 3. The summed E-state index contributed by atoms with van der Waals surface area (Å²) in [5, 5.41) is 8.54. The van der Waals surface area contributed by atoms with Gasteiger partial charge in [-0.1, -0.05) is 25.8 Å². The third-order valence-corrected chi connectivity index (χ3v) is 5.91. The molecule has 9 heteroatoms. The molecule has 35 heavy (non-hydrogen) atoms. The van der Waals surface area contributed by atoms with Gasteiger partial charge in [-0.25, -0.2) is 15.5 Å². The quantitative estimate of drug-likeness (QED) is 0.255. The number of carbonyl (C=O) groups is 1. The summed E-state index contributed by atoms with van der Waals surface area (Å²) >= 11 is 0. The number of methoxy groups -OCH3 is 1. The van der Waals surface area contributed by atoms with Crippen molar-refractivity contribution in [2.24, 2.45) is 9.98 Å². The second-order valence-electron chi connectivity index (χ2n) is 8.51. The third-order valence-electron chi connectivity index (χ3n) is 5.91. The topological polar surface area (TPSA) is 105 Å². The van der Waals surface area contributed by atoms with Gasteiger partial charge in [0.1, 0.15) is 11.6 Å². The summed E-state index contributed by atoms with van der Waals surface area (Å²) in [6.07, 6.45) is 6.48. The second kappa shape index (κ2) is 11.7. The van der Waals surface area contributed by atoms with Crippen LogP contribution in [0, 0.1) is 0 Å². The largest absolute Gasteiger partial charge is 0.494 e. The molecular weight excluding hydrogens is 448 g/mol. The zero-order valence-corrected chi connectivity index (χ0v) is 20.2. The number of unbranched alkanes of at least 4 members (excludes halogenated alkanes) is 3. The van der Waals surface area contributed by atoms with Gasteiger partial charge in [-0.2, -0.15) is 0 Å². The van der Waals surface area contributed by atoms with Crippen molar-refractivity contribution in [1.29, 1.82) is 0 Å². The fourth-order valence-electron chi connectivity index (χ4n) is 4.06. The molecule has 0 unspecified atom stereocenters. The summed E-state index contributed by atoms with van der Waals surface area (Å²) in [5.74, 6) is 2.57. The Morgan fingerprint density at radius 1 is 1.06 bits per heavy atom. The van der Waals surface area contributed by atoms with Gasteiger partial charge in [0.05, 0.1) is 44.6 Å².